The Morgan fingerprint density at radius 1 is 0.431 bits per heavy atom. The maximum absolute atomic E-state index is 12.5. The van der Waals surface area contributed by atoms with Crippen LogP contribution in [0, 0.1) is 11.8 Å². The van der Waals surface area contributed by atoms with E-state index in [1.807, 2.05) is 27.7 Å². The Kier molecular flexibility index (Phi) is 24.2. The summed E-state index contributed by atoms with van der Waals surface area (Å²) in [4.78, 5) is 25.0. The summed E-state index contributed by atoms with van der Waals surface area (Å²) in [6, 6.07) is 62.0. The van der Waals surface area contributed by atoms with Gasteiger partial charge >= 0.3 is 35.0 Å². The predicted octanol–water partition coefficient (Wildman–Crippen LogP) is 11.8. The number of hydrogen-bond acceptors (Lipinski definition) is 2. The zero-order chi connectivity index (χ0) is 47.1. The van der Waals surface area contributed by atoms with Gasteiger partial charge in [-0.2, -0.15) is 0 Å². The van der Waals surface area contributed by atoms with Gasteiger partial charge in [0.15, 0.2) is 0 Å². The summed E-state index contributed by atoms with van der Waals surface area (Å²) >= 11 is -0.106. The van der Waals surface area contributed by atoms with Crippen molar-refractivity contribution in [1.82, 2.24) is 10.6 Å². The number of amides is 2. The van der Waals surface area contributed by atoms with Crippen LogP contribution in [0.15, 0.2) is 170 Å². The van der Waals surface area contributed by atoms with Crippen molar-refractivity contribution >= 4 is 78.5 Å². The number of benzene rings is 6. The zero-order valence-electron chi connectivity index (χ0n) is 39.3. The van der Waals surface area contributed by atoms with Gasteiger partial charge in [0.2, 0.25) is 11.8 Å². The first kappa shape index (κ1) is 54.0. The van der Waals surface area contributed by atoms with E-state index in [9.17, 15) is 9.59 Å². The molecule has 0 aliphatic rings. The molecule has 6 rings (SSSR count). The van der Waals surface area contributed by atoms with Gasteiger partial charge in [0.25, 0.3) is 0 Å². The van der Waals surface area contributed by atoms with Gasteiger partial charge in [0.05, 0.1) is 15.8 Å². The molecule has 6 aromatic rings. The summed E-state index contributed by atoms with van der Waals surface area (Å²) in [7, 11) is 7.55. The average Bonchev–Trinajstić information content (AvgIpc) is 3.32. The van der Waals surface area contributed by atoms with Gasteiger partial charge in [-0.1, -0.05) is 125 Å². The van der Waals surface area contributed by atoms with E-state index in [1.165, 1.54) is 43.0 Å². The van der Waals surface area contributed by atoms with Crippen LogP contribution in [0.5, 0.6) is 0 Å². The SMILES string of the molecule is CCC(CC(C)c1ccc([PH+](c2ccccc2)c2ccccc2)cc1)C(=O)NC(C)C.CCC(CC(C)c1ccc([PH+](c2ccccc2)c2ccccc2)cc1)C(=O)NC(C)C.[Cl][Pd][Cl]. The molecule has 0 saturated heterocycles. The van der Waals surface area contributed by atoms with Crippen molar-refractivity contribution in [3.63, 3.8) is 0 Å². The van der Waals surface area contributed by atoms with Crippen molar-refractivity contribution in [3.05, 3.63) is 181 Å². The Labute approximate surface area is 409 Å². The molecule has 0 aliphatic heterocycles. The molecule has 0 fully saturated rings. The number of halogens is 2. The van der Waals surface area contributed by atoms with Gasteiger partial charge in [0.1, 0.15) is 31.8 Å². The van der Waals surface area contributed by atoms with E-state index in [0.29, 0.717) is 11.8 Å². The quantitative estimate of drug-likeness (QED) is 0.0666. The van der Waals surface area contributed by atoms with Crippen molar-refractivity contribution in [2.45, 2.75) is 105 Å². The van der Waals surface area contributed by atoms with Crippen LogP contribution in [0.3, 0.4) is 0 Å². The molecule has 2 amide bonds. The van der Waals surface area contributed by atoms with Crippen molar-refractivity contribution in [3.8, 4) is 0 Å². The Morgan fingerprint density at radius 3 is 0.877 bits per heavy atom. The van der Waals surface area contributed by atoms with Gasteiger partial charge in [-0.05, 0) is 149 Å². The molecule has 0 aromatic heterocycles. The Hall–Kier alpha value is -3.64. The molecule has 0 aliphatic carbocycles. The molecule has 0 heterocycles. The van der Waals surface area contributed by atoms with Crippen molar-refractivity contribution in [1.29, 1.82) is 0 Å². The monoisotopic (exact) mass is 1040 g/mol. The molecule has 9 heteroatoms. The molecule has 4 nitrogen and oxygen atoms in total. The van der Waals surface area contributed by atoms with Crippen LogP contribution in [-0.2, 0) is 25.5 Å². The van der Waals surface area contributed by atoms with Crippen molar-refractivity contribution in [2.24, 2.45) is 11.8 Å². The van der Waals surface area contributed by atoms with Gasteiger partial charge in [-0.15, -0.1) is 0 Å². The Bertz CT molecular complexity index is 1990. The van der Waals surface area contributed by atoms with Crippen molar-refractivity contribution < 1.29 is 25.5 Å². The summed E-state index contributed by atoms with van der Waals surface area (Å²) in [5.74, 6) is 1.18. The molecule has 0 bridgehead atoms. The Balaban J connectivity index is 0.000000268. The van der Waals surface area contributed by atoms with Crippen LogP contribution in [0.4, 0.5) is 0 Å². The molecular formula is C56H70Cl2N2O2P2Pd+2. The molecule has 0 spiro atoms. The first-order valence-corrected chi connectivity index (χ1v) is 30.0. The van der Waals surface area contributed by atoms with E-state index in [2.05, 4.69) is 208 Å². The van der Waals surface area contributed by atoms with Crippen LogP contribution < -0.4 is 42.5 Å². The van der Waals surface area contributed by atoms with E-state index < -0.39 is 15.8 Å². The normalized spacial score (nSPS) is 13.0. The second-order valence-corrected chi connectivity index (χ2v) is 24.6. The van der Waals surface area contributed by atoms with Gasteiger partial charge < -0.3 is 10.6 Å². The molecule has 348 valence electrons. The second-order valence-electron chi connectivity index (χ2n) is 17.3. The maximum atomic E-state index is 12.5. The van der Waals surface area contributed by atoms with Crippen LogP contribution in [0.1, 0.15) is 104 Å². The summed E-state index contributed by atoms with van der Waals surface area (Å²) in [5, 5.41) is 14.5. The molecule has 65 heavy (non-hydrogen) atoms. The first-order chi connectivity index (χ1) is 31.4. The Morgan fingerprint density at radius 2 is 0.662 bits per heavy atom. The third kappa shape index (κ3) is 17.5. The summed E-state index contributed by atoms with van der Waals surface area (Å²) in [6.07, 6.45) is 3.50. The van der Waals surface area contributed by atoms with Crippen LogP contribution in [-0.4, -0.2) is 23.9 Å². The zero-order valence-corrected chi connectivity index (χ0v) is 44.4. The molecular weight excluding hydrogens is 972 g/mol. The fourth-order valence-electron chi connectivity index (χ4n) is 8.22. The fourth-order valence-corrected chi connectivity index (χ4v) is 13.3. The molecule has 4 atom stereocenters. The first-order valence-electron chi connectivity index (χ1n) is 23.0. The number of carbonyl (C=O) groups excluding carboxylic acids is 2. The molecule has 0 radical (unpaired) electrons. The standard InChI is InChI=1S/2C28H34NOP.2ClH.Pd/c2*1-5-23(28(30)29-21(2)3)20-22(4)24-16-18-27(19-17-24)31(25-12-8-6-9-13-25)26-14-10-7-11-15-26;;;/h2*6-19,21-23H,5,20H2,1-4H3,(H,29,30);2*1H;/q;;;;+2. The summed E-state index contributed by atoms with van der Waals surface area (Å²) < 4.78 is 0. The number of hydrogen-bond donors (Lipinski definition) is 2. The van der Waals surface area contributed by atoms with E-state index >= 15 is 0 Å². The number of carbonyl (C=O) groups is 2. The van der Waals surface area contributed by atoms with E-state index in [4.69, 9.17) is 19.1 Å². The molecule has 0 saturated carbocycles. The molecule has 6 aromatic carbocycles. The van der Waals surface area contributed by atoms with Crippen LogP contribution in [0.2, 0.25) is 0 Å². The van der Waals surface area contributed by atoms with E-state index in [-0.39, 0.29) is 51.7 Å². The molecule has 2 N–H and O–H groups in total. The number of nitrogens with one attached hydrogen (secondary N) is 2. The third-order valence-corrected chi connectivity index (χ3v) is 17.1. The van der Waals surface area contributed by atoms with E-state index in [0.717, 1.165) is 25.7 Å². The minimum absolute atomic E-state index is 0.0605. The minimum atomic E-state index is -1.04. The summed E-state index contributed by atoms with van der Waals surface area (Å²) in [5.41, 5.74) is 2.61. The molecule has 4 unspecified atom stereocenters. The predicted molar refractivity (Wildman–Crippen MR) is 285 cm³/mol. The van der Waals surface area contributed by atoms with Gasteiger partial charge in [0, 0.05) is 23.9 Å². The summed E-state index contributed by atoms with van der Waals surface area (Å²) in [6.45, 7) is 16.8. The third-order valence-electron chi connectivity index (χ3n) is 11.7. The van der Waals surface area contributed by atoms with Crippen LogP contribution >= 0.6 is 34.9 Å². The van der Waals surface area contributed by atoms with Crippen LogP contribution in [0.25, 0.3) is 0 Å². The number of rotatable bonds is 18. The van der Waals surface area contributed by atoms with Gasteiger partial charge in [-0.3, -0.25) is 9.59 Å². The van der Waals surface area contributed by atoms with Crippen molar-refractivity contribution in [2.75, 3.05) is 0 Å². The van der Waals surface area contributed by atoms with Gasteiger partial charge in [-0.25, -0.2) is 0 Å². The van der Waals surface area contributed by atoms with E-state index in [1.54, 1.807) is 0 Å². The fraction of sp³-hybridized carbons (Fsp3) is 0.321. The average molecular weight is 1040 g/mol. The second kappa shape index (κ2) is 29.2. The topological polar surface area (TPSA) is 58.2 Å².